The van der Waals surface area contributed by atoms with Gasteiger partial charge in [-0.1, -0.05) is 13.8 Å². The van der Waals surface area contributed by atoms with E-state index in [1.54, 1.807) is 0 Å². The molecule has 8 heteroatoms. The molecule has 0 heterocycles. The molecule has 0 fully saturated rings. The Morgan fingerprint density at radius 3 is 2.40 bits per heavy atom. The van der Waals surface area contributed by atoms with Crippen LogP contribution in [0.5, 0.6) is 0 Å². The van der Waals surface area contributed by atoms with Crippen molar-refractivity contribution in [2.45, 2.75) is 26.4 Å². The summed E-state index contributed by atoms with van der Waals surface area (Å²) >= 11 is 0. The standard InChI is InChI=1S/C12H17F3N2O2S/c1-8(2)5-6-20(18,19)17-9-3-4-11(16)10(7-9)12(13,14)15/h3-4,7-8,17H,5-6,16H2,1-2H3. The predicted octanol–water partition coefficient (Wildman–Crippen LogP) is 3.08. The lowest BCUT2D eigenvalue weighted by atomic mass is 10.1. The van der Waals surface area contributed by atoms with Crippen molar-refractivity contribution in [1.82, 2.24) is 0 Å². The first-order valence-corrected chi connectivity index (χ1v) is 7.64. The maximum atomic E-state index is 12.7. The molecule has 0 aliphatic carbocycles. The first-order valence-electron chi connectivity index (χ1n) is 5.98. The second-order valence-corrected chi connectivity index (χ2v) is 6.75. The molecule has 0 bridgehead atoms. The molecule has 0 saturated heterocycles. The van der Waals surface area contributed by atoms with Crippen LogP contribution in [0.2, 0.25) is 0 Å². The molecule has 0 aliphatic rings. The number of alkyl halides is 3. The zero-order chi connectivity index (χ0) is 15.6. The molecule has 0 atom stereocenters. The van der Waals surface area contributed by atoms with Crippen LogP contribution in [0, 0.1) is 5.92 Å². The molecule has 0 unspecified atom stereocenters. The molecule has 0 amide bonds. The number of nitrogen functional groups attached to an aromatic ring is 1. The number of nitrogens with one attached hydrogen (secondary N) is 1. The Bertz CT molecular complexity index is 569. The predicted molar refractivity (Wildman–Crippen MR) is 72.7 cm³/mol. The van der Waals surface area contributed by atoms with E-state index in [1.807, 2.05) is 13.8 Å². The van der Waals surface area contributed by atoms with Gasteiger partial charge >= 0.3 is 6.18 Å². The molecule has 114 valence electrons. The highest BCUT2D eigenvalue weighted by Gasteiger charge is 2.33. The van der Waals surface area contributed by atoms with E-state index in [2.05, 4.69) is 4.72 Å². The average Bonchev–Trinajstić information content (AvgIpc) is 2.27. The number of benzene rings is 1. The fourth-order valence-electron chi connectivity index (χ4n) is 1.49. The minimum absolute atomic E-state index is 0.142. The van der Waals surface area contributed by atoms with Crippen molar-refractivity contribution in [2.75, 3.05) is 16.2 Å². The normalized spacial score (nSPS) is 12.7. The van der Waals surface area contributed by atoms with Gasteiger partial charge in [-0.2, -0.15) is 13.2 Å². The molecule has 0 aliphatic heterocycles. The van der Waals surface area contributed by atoms with Crippen LogP contribution in [0.4, 0.5) is 24.5 Å². The Balaban J connectivity index is 2.94. The Kier molecular flexibility index (Phi) is 4.90. The van der Waals surface area contributed by atoms with Crippen LogP contribution in [0.1, 0.15) is 25.8 Å². The smallest absolute Gasteiger partial charge is 0.398 e. The Hall–Kier alpha value is -1.44. The minimum Gasteiger partial charge on any atom is -0.398 e. The van der Waals surface area contributed by atoms with E-state index in [4.69, 9.17) is 5.73 Å². The van der Waals surface area contributed by atoms with Gasteiger partial charge in [-0.05, 0) is 30.5 Å². The SMILES string of the molecule is CC(C)CCS(=O)(=O)Nc1ccc(N)c(C(F)(F)F)c1. The van der Waals surface area contributed by atoms with E-state index in [-0.39, 0.29) is 17.4 Å². The van der Waals surface area contributed by atoms with Gasteiger partial charge in [0.2, 0.25) is 10.0 Å². The summed E-state index contributed by atoms with van der Waals surface area (Å²) in [7, 11) is -3.66. The molecule has 1 rings (SSSR count). The van der Waals surface area contributed by atoms with Crippen molar-refractivity contribution in [1.29, 1.82) is 0 Å². The van der Waals surface area contributed by atoms with Gasteiger partial charge in [0.1, 0.15) is 0 Å². The molecular weight excluding hydrogens is 293 g/mol. The van der Waals surface area contributed by atoms with E-state index >= 15 is 0 Å². The fourth-order valence-corrected chi connectivity index (χ4v) is 2.86. The van der Waals surface area contributed by atoms with Gasteiger partial charge in [0.15, 0.2) is 0 Å². The number of hydrogen-bond acceptors (Lipinski definition) is 3. The molecular formula is C12H17F3N2O2S. The summed E-state index contributed by atoms with van der Waals surface area (Å²) in [5.74, 6) is 0.0415. The lowest BCUT2D eigenvalue weighted by Crippen LogP contribution is -2.18. The van der Waals surface area contributed by atoms with Crippen LogP contribution in [0.3, 0.4) is 0 Å². The number of rotatable bonds is 5. The van der Waals surface area contributed by atoms with Crippen molar-refractivity contribution in [3.63, 3.8) is 0 Å². The third-order valence-corrected chi connectivity index (χ3v) is 3.92. The third kappa shape index (κ3) is 4.92. The first-order chi connectivity index (χ1) is 9.01. The minimum atomic E-state index is -4.62. The molecule has 1 aromatic carbocycles. The van der Waals surface area contributed by atoms with Crippen LogP contribution in [-0.2, 0) is 16.2 Å². The van der Waals surface area contributed by atoms with Gasteiger partial charge in [0, 0.05) is 11.4 Å². The van der Waals surface area contributed by atoms with Gasteiger partial charge in [-0.15, -0.1) is 0 Å². The zero-order valence-corrected chi connectivity index (χ0v) is 12.0. The molecule has 0 radical (unpaired) electrons. The Labute approximate surface area is 116 Å². The largest absolute Gasteiger partial charge is 0.418 e. The second-order valence-electron chi connectivity index (χ2n) is 4.90. The average molecular weight is 310 g/mol. The number of anilines is 2. The van der Waals surface area contributed by atoms with Crippen molar-refractivity contribution >= 4 is 21.4 Å². The highest BCUT2D eigenvalue weighted by molar-refractivity contribution is 7.92. The first kappa shape index (κ1) is 16.6. The van der Waals surface area contributed by atoms with Crippen LogP contribution >= 0.6 is 0 Å². The van der Waals surface area contributed by atoms with Gasteiger partial charge in [-0.3, -0.25) is 4.72 Å². The van der Waals surface area contributed by atoms with Gasteiger partial charge in [0.25, 0.3) is 0 Å². The molecule has 0 spiro atoms. The molecule has 4 nitrogen and oxygen atoms in total. The van der Waals surface area contributed by atoms with E-state index < -0.39 is 27.5 Å². The Morgan fingerprint density at radius 1 is 1.30 bits per heavy atom. The van der Waals surface area contributed by atoms with Crippen molar-refractivity contribution in [3.05, 3.63) is 23.8 Å². The third-order valence-electron chi connectivity index (χ3n) is 2.60. The summed E-state index contributed by atoms with van der Waals surface area (Å²) in [6.45, 7) is 3.72. The zero-order valence-electron chi connectivity index (χ0n) is 11.2. The summed E-state index contributed by atoms with van der Waals surface area (Å²) in [5, 5.41) is 0. The fraction of sp³-hybridized carbons (Fsp3) is 0.500. The summed E-state index contributed by atoms with van der Waals surface area (Å²) in [6.07, 6.45) is -4.19. The van der Waals surface area contributed by atoms with Crippen LogP contribution in [0.25, 0.3) is 0 Å². The van der Waals surface area contributed by atoms with Gasteiger partial charge in [-0.25, -0.2) is 8.42 Å². The number of hydrogen-bond donors (Lipinski definition) is 2. The summed E-state index contributed by atoms with van der Waals surface area (Å²) in [4.78, 5) is 0. The lowest BCUT2D eigenvalue weighted by molar-refractivity contribution is -0.136. The maximum absolute atomic E-state index is 12.7. The summed E-state index contributed by atoms with van der Waals surface area (Å²) in [5.41, 5.74) is 3.60. The van der Waals surface area contributed by atoms with E-state index in [1.165, 1.54) is 6.07 Å². The van der Waals surface area contributed by atoms with Crippen molar-refractivity contribution in [3.8, 4) is 0 Å². The van der Waals surface area contributed by atoms with Crippen LogP contribution in [-0.4, -0.2) is 14.2 Å². The lowest BCUT2D eigenvalue weighted by Gasteiger charge is -2.13. The highest BCUT2D eigenvalue weighted by atomic mass is 32.2. The maximum Gasteiger partial charge on any atom is 0.418 e. The van der Waals surface area contributed by atoms with Crippen LogP contribution in [0.15, 0.2) is 18.2 Å². The van der Waals surface area contributed by atoms with Crippen molar-refractivity contribution < 1.29 is 21.6 Å². The van der Waals surface area contributed by atoms with E-state index in [0.29, 0.717) is 12.5 Å². The summed E-state index contributed by atoms with van der Waals surface area (Å²) in [6, 6.07) is 2.93. The molecule has 20 heavy (non-hydrogen) atoms. The number of halogens is 3. The highest BCUT2D eigenvalue weighted by Crippen LogP contribution is 2.35. The Morgan fingerprint density at radius 2 is 1.90 bits per heavy atom. The second kappa shape index (κ2) is 5.90. The van der Waals surface area contributed by atoms with E-state index in [9.17, 15) is 21.6 Å². The molecule has 3 N–H and O–H groups in total. The van der Waals surface area contributed by atoms with E-state index in [0.717, 1.165) is 6.07 Å². The molecule has 0 aromatic heterocycles. The number of nitrogens with two attached hydrogens (primary N) is 1. The number of sulfonamides is 1. The summed E-state index contributed by atoms with van der Waals surface area (Å²) < 4.78 is 63.6. The van der Waals surface area contributed by atoms with Crippen molar-refractivity contribution in [2.24, 2.45) is 5.92 Å². The van der Waals surface area contributed by atoms with Gasteiger partial charge in [0.05, 0.1) is 11.3 Å². The topological polar surface area (TPSA) is 72.2 Å². The van der Waals surface area contributed by atoms with Gasteiger partial charge < -0.3 is 5.73 Å². The molecule has 1 aromatic rings. The monoisotopic (exact) mass is 310 g/mol. The molecule has 0 saturated carbocycles. The van der Waals surface area contributed by atoms with Crippen LogP contribution < -0.4 is 10.5 Å². The quantitative estimate of drug-likeness (QED) is 0.821.